The largest absolute Gasteiger partial charge is 0.486 e. The Morgan fingerprint density at radius 1 is 0.912 bits per heavy atom. The van der Waals surface area contributed by atoms with Crippen molar-refractivity contribution in [2.75, 3.05) is 16.9 Å². The molecule has 2 N–H and O–H groups in total. The van der Waals surface area contributed by atoms with Gasteiger partial charge in [-0.25, -0.2) is 0 Å². The molecule has 7 nitrogen and oxygen atoms in total. The van der Waals surface area contributed by atoms with Crippen molar-refractivity contribution in [3.05, 3.63) is 93.9 Å². The first kappa shape index (κ1) is 23.5. The lowest BCUT2D eigenvalue weighted by Crippen LogP contribution is -2.14. The zero-order valence-electron chi connectivity index (χ0n) is 18.6. The number of benzene rings is 3. The number of anilines is 2. The molecule has 9 heteroatoms. The maximum atomic E-state index is 12.7. The highest BCUT2D eigenvalue weighted by molar-refractivity contribution is 7.98. The van der Waals surface area contributed by atoms with Gasteiger partial charge >= 0.3 is 0 Å². The Hall–Kier alpha value is -3.69. The standard InChI is InChI=1S/C25H22N4O3S2/c1-16-9-11-20(12-10-16)32-15-22-28-29-25(34-22)24(31)27-18-6-3-5-17(13-18)23(30)26-19-7-4-8-21(14-19)33-2/h3-14H,15H2,1-2H3,(H,26,30)(H,27,31). The summed E-state index contributed by atoms with van der Waals surface area (Å²) in [6.07, 6.45) is 1.98. The number of hydrogen-bond donors (Lipinski definition) is 2. The number of hydrogen-bond acceptors (Lipinski definition) is 7. The van der Waals surface area contributed by atoms with Crippen LogP contribution in [-0.4, -0.2) is 28.3 Å². The van der Waals surface area contributed by atoms with Gasteiger partial charge in [0.1, 0.15) is 12.4 Å². The summed E-state index contributed by atoms with van der Waals surface area (Å²) < 4.78 is 5.69. The van der Waals surface area contributed by atoms with Crippen LogP contribution in [0.1, 0.15) is 30.7 Å². The zero-order valence-corrected chi connectivity index (χ0v) is 20.2. The van der Waals surface area contributed by atoms with Gasteiger partial charge in [0.15, 0.2) is 5.01 Å². The molecule has 0 bridgehead atoms. The molecular formula is C25H22N4O3S2. The molecule has 0 aliphatic heterocycles. The fourth-order valence-corrected chi connectivity index (χ4v) is 4.12. The van der Waals surface area contributed by atoms with Gasteiger partial charge in [-0.1, -0.05) is 41.2 Å². The second-order valence-electron chi connectivity index (χ2n) is 7.32. The molecule has 0 aliphatic carbocycles. The molecule has 2 amide bonds. The topological polar surface area (TPSA) is 93.2 Å². The Kier molecular flexibility index (Phi) is 7.56. The minimum Gasteiger partial charge on any atom is -0.486 e. The predicted molar refractivity (Wildman–Crippen MR) is 136 cm³/mol. The highest BCUT2D eigenvalue weighted by atomic mass is 32.2. The third kappa shape index (κ3) is 6.21. The van der Waals surface area contributed by atoms with E-state index in [0.717, 1.165) is 27.5 Å². The zero-order chi connectivity index (χ0) is 23.9. The van der Waals surface area contributed by atoms with Crippen molar-refractivity contribution in [3.63, 3.8) is 0 Å². The lowest BCUT2D eigenvalue weighted by Gasteiger charge is -2.08. The van der Waals surface area contributed by atoms with Crippen LogP contribution in [0.2, 0.25) is 0 Å². The second kappa shape index (κ2) is 11.0. The maximum absolute atomic E-state index is 12.7. The normalized spacial score (nSPS) is 10.5. The van der Waals surface area contributed by atoms with Crippen LogP contribution in [0.25, 0.3) is 0 Å². The highest BCUT2D eigenvalue weighted by Gasteiger charge is 2.15. The van der Waals surface area contributed by atoms with E-state index in [1.807, 2.05) is 61.7 Å². The summed E-state index contributed by atoms with van der Waals surface area (Å²) in [4.78, 5) is 26.4. The van der Waals surface area contributed by atoms with E-state index in [4.69, 9.17) is 4.74 Å². The van der Waals surface area contributed by atoms with Crippen molar-refractivity contribution in [3.8, 4) is 5.75 Å². The first-order valence-electron chi connectivity index (χ1n) is 10.4. The molecule has 0 spiro atoms. The molecule has 1 aromatic heterocycles. The van der Waals surface area contributed by atoms with Crippen LogP contribution in [0.4, 0.5) is 11.4 Å². The molecule has 4 rings (SSSR count). The van der Waals surface area contributed by atoms with E-state index in [-0.39, 0.29) is 17.5 Å². The number of amides is 2. The summed E-state index contributed by atoms with van der Waals surface area (Å²) in [7, 11) is 0. The molecule has 4 aromatic rings. The SMILES string of the molecule is CSc1cccc(NC(=O)c2cccc(NC(=O)c3nnc(COc4ccc(C)cc4)s3)c2)c1. The molecule has 172 valence electrons. The number of aryl methyl sites for hydroxylation is 1. The number of nitrogens with one attached hydrogen (secondary N) is 2. The van der Waals surface area contributed by atoms with Gasteiger partial charge in [-0.3, -0.25) is 9.59 Å². The van der Waals surface area contributed by atoms with Crippen LogP contribution in [0.5, 0.6) is 5.75 Å². The summed E-state index contributed by atoms with van der Waals surface area (Å²) in [5.74, 6) is 0.0622. The quantitative estimate of drug-likeness (QED) is 0.310. The molecule has 0 saturated heterocycles. The second-order valence-corrected chi connectivity index (χ2v) is 9.27. The van der Waals surface area contributed by atoms with Crippen molar-refractivity contribution >= 4 is 46.3 Å². The van der Waals surface area contributed by atoms with Crippen LogP contribution >= 0.6 is 23.1 Å². The van der Waals surface area contributed by atoms with Crippen LogP contribution in [-0.2, 0) is 6.61 Å². The number of rotatable bonds is 8. The maximum Gasteiger partial charge on any atom is 0.286 e. The van der Waals surface area contributed by atoms with Crippen molar-refractivity contribution in [1.29, 1.82) is 0 Å². The van der Waals surface area contributed by atoms with Gasteiger partial charge in [-0.15, -0.1) is 22.0 Å². The van der Waals surface area contributed by atoms with Crippen molar-refractivity contribution in [2.45, 2.75) is 18.4 Å². The number of nitrogens with zero attached hydrogens (tertiary/aromatic N) is 2. The van der Waals surface area contributed by atoms with Crippen LogP contribution in [0, 0.1) is 6.92 Å². The summed E-state index contributed by atoms with van der Waals surface area (Å²) in [5.41, 5.74) is 2.77. The summed E-state index contributed by atoms with van der Waals surface area (Å²) in [6.45, 7) is 2.23. The van der Waals surface area contributed by atoms with Crippen molar-refractivity contribution < 1.29 is 14.3 Å². The van der Waals surface area contributed by atoms with Gasteiger partial charge in [0.25, 0.3) is 11.8 Å². The van der Waals surface area contributed by atoms with E-state index in [9.17, 15) is 9.59 Å². The van der Waals surface area contributed by atoms with Gasteiger partial charge in [-0.05, 0) is 61.7 Å². The average Bonchev–Trinajstić information content (AvgIpc) is 3.33. The Bertz CT molecular complexity index is 1310. The molecule has 0 saturated carbocycles. The molecule has 34 heavy (non-hydrogen) atoms. The van der Waals surface area contributed by atoms with E-state index in [2.05, 4.69) is 20.8 Å². The summed E-state index contributed by atoms with van der Waals surface area (Å²) in [6, 6.07) is 22.0. The van der Waals surface area contributed by atoms with Gasteiger partial charge in [0.05, 0.1) is 0 Å². The molecule has 1 heterocycles. The first-order chi connectivity index (χ1) is 16.5. The third-order valence-corrected chi connectivity index (χ3v) is 6.38. The fourth-order valence-electron chi connectivity index (χ4n) is 3.01. The highest BCUT2D eigenvalue weighted by Crippen LogP contribution is 2.21. The first-order valence-corrected chi connectivity index (χ1v) is 12.4. The molecular weight excluding hydrogens is 468 g/mol. The van der Waals surface area contributed by atoms with Crippen LogP contribution in [0.15, 0.2) is 77.7 Å². The molecule has 0 aliphatic rings. The van der Waals surface area contributed by atoms with E-state index in [0.29, 0.717) is 21.9 Å². The average molecular weight is 491 g/mol. The van der Waals surface area contributed by atoms with Gasteiger partial charge in [-0.2, -0.15) is 0 Å². The minimum absolute atomic E-state index is 0.214. The van der Waals surface area contributed by atoms with Crippen LogP contribution in [0.3, 0.4) is 0 Å². The van der Waals surface area contributed by atoms with Gasteiger partial charge in [0.2, 0.25) is 5.01 Å². The number of aromatic nitrogens is 2. The van der Waals surface area contributed by atoms with Crippen LogP contribution < -0.4 is 15.4 Å². The van der Waals surface area contributed by atoms with Gasteiger partial charge in [0, 0.05) is 21.8 Å². The third-order valence-electron chi connectivity index (χ3n) is 4.75. The number of carbonyl (C=O) groups is 2. The Morgan fingerprint density at radius 3 is 2.38 bits per heavy atom. The monoisotopic (exact) mass is 490 g/mol. The summed E-state index contributed by atoms with van der Waals surface area (Å²) >= 11 is 2.76. The Morgan fingerprint density at radius 2 is 1.62 bits per heavy atom. The Labute approximate surface area is 205 Å². The number of ether oxygens (including phenoxy) is 1. The molecule has 0 fully saturated rings. The molecule has 0 radical (unpaired) electrons. The molecule has 0 atom stereocenters. The lowest BCUT2D eigenvalue weighted by atomic mass is 10.2. The lowest BCUT2D eigenvalue weighted by molar-refractivity contribution is 0.101. The minimum atomic E-state index is -0.399. The summed E-state index contributed by atoms with van der Waals surface area (Å²) in [5, 5.41) is 14.5. The van der Waals surface area contributed by atoms with E-state index in [1.165, 1.54) is 0 Å². The van der Waals surface area contributed by atoms with E-state index in [1.54, 1.807) is 36.0 Å². The number of thioether (sulfide) groups is 1. The fraction of sp³-hybridized carbons (Fsp3) is 0.120. The smallest absolute Gasteiger partial charge is 0.286 e. The van der Waals surface area contributed by atoms with E-state index < -0.39 is 5.91 Å². The van der Waals surface area contributed by atoms with Crippen molar-refractivity contribution in [2.24, 2.45) is 0 Å². The Balaban J connectivity index is 1.36. The molecule has 0 unspecified atom stereocenters. The molecule has 3 aromatic carbocycles. The van der Waals surface area contributed by atoms with Crippen molar-refractivity contribution in [1.82, 2.24) is 10.2 Å². The number of carbonyl (C=O) groups excluding carboxylic acids is 2. The van der Waals surface area contributed by atoms with E-state index >= 15 is 0 Å². The predicted octanol–water partition coefficient (Wildman–Crippen LogP) is 5.65. The van der Waals surface area contributed by atoms with Gasteiger partial charge < -0.3 is 15.4 Å².